The molecule has 0 amide bonds. The van der Waals surface area contributed by atoms with Crippen LogP contribution in [0.2, 0.25) is 0 Å². The molecule has 0 bridgehead atoms. The van der Waals surface area contributed by atoms with E-state index in [2.05, 4.69) is 11.9 Å². The summed E-state index contributed by atoms with van der Waals surface area (Å²) < 4.78 is 32.7. The van der Waals surface area contributed by atoms with Gasteiger partial charge in [0.2, 0.25) is 10.0 Å². The van der Waals surface area contributed by atoms with E-state index >= 15 is 0 Å². The molecule has 25 heavy (non-hydrogen) atoms. The van der Waals surface area contributed by atoms with Crippen LogP contribution in [0.4, 0.5) is 0 Å². The van der Waals surface area contributed by atoms with Gasteiger partial charge in [-0.1, -0.05) is 0 Å². The lowest BCUT2D eigenvalue weighted by Crippen LogP contribution is -2.47. The molecule has 7 heteroatoms. The molecule has 136 valence electrons. The second-order valence-electron chi connectivity index (χ2n) is 7.25. The molecule has 2 aliphatic heterocycles. The molecule has 0 saturated carbocycles. The molecule has 0 N–H and O–H groups in total. The minimum absolute atomic E-state index is 0.154. The van der Waals surface area contributed by atoms with Crippen LogP contribution >= 0.6 is 0 Å². The molecule has 1 aromatic rings. The van der Waals surface area contributed by atoms with Gasteiger partial charge in [0.25, 0.3) is 0 Å². The fourth-order valence-corrected chi connectivity index (χ4v) is 5.76. The number of methoxy groups -OCH3 is 1. The van der Waals surface area contributed by atoms with E-state index < -0.39 is 10.0 Å². The lowest BCUT2D eigenvalue weighted by Gasteiger charge is -2.42. The van der Waals surface area contributed by atoms with Gasteiger partial charge in [-0.15, -0.1) is 0 Å². The molecule has 2 heterocycles. The molecule has 2 aliphatic rings. The molecule has 0 aliphatic carbocycles. The van der Waals surface area contributed by atoms with E-state index in [1.54, 1.807) is 23.5 Å². The van der Waals surface area contributed by atoms with E-state index in [9.17, 15) is 8.42 Å². The first-order chi connectivity index (χ1) is 11.9. The van der Waals surface area contributed by atoms with Crippen molar-refractivity contribution in [3.8, 4) is 6.07 Å². The van der Waals surface area contributed by atoms with Gasteiger partial charge in [-0.2, -0.15) is 9.57 Å². The third kappa shape index (κ3) is 3.44. The van der Waals surface area contributed by atoms with Gasteiger partial charge in [-0.05, 0) is 49.6 Å². The van der Waals surface area contributed by atoms with Crippen molar-refractivity contribution in [1.29, 1.82) is 5.26 Å². The molecule has 0 aromatic heterocycles. The Kier molecular flexibility index (Phi) is 5.16. The Balaban J connectivity index is 1.73. The van der Waals surface area contributed by atoms with Gasteiger partial charge in [-0.3, -0.25) is 0 Å². The summed E-state index contributed by atoms with van der Waals surface area (Å²) in [7, 11) is 0.357. The topological polar surface area (TPSA) is 73.6 Å². The Morgan fingerprint density at radius 3 is 2.48 bits per heavy atom. The molecule has 0 radical (unpaired) electrons. The number of rotatable bonds is 4. The molecule has 1 unspecified atom stereocenters. The molecular weight excluding hydrogens is 338 g/mol. The van der Waals surface area contributed by atoms with Crippen molar-refractivity contribution in [2.75, 3.05) is 46.9 Å². The smallest absolute Gasteiger partial charge is 0.243 e. The summed E-state index contributed by atoms with van der Waals surface area (Å²) in [6.07, 6.45) is 1.72. The minimum atomic E-state index is -3.50. The minimum Gasteiger partial charge on any atom is -0.384 e. The number of ether oxygens (including phenoxy) is 1. The van der Waals surface area contributed by atoms with Gasteiger partial charge in [-0.25, -0.2) is 8.42 Å². The molecular formula is C18H25N3O3S. The third-order valence-electron chi connectivity index (χ3n) is 5.69. The van der Waals surface area contributed by atoms with Gasteiger partial charge >= 0.3 is 0 Å². The highest BCUT2D eigenvalue weighted by molar-refractivity contribution is 7.89. The highest BCUT2D eigenvalue weighted by Crippen LogP contribution is 2.45. The fourth-order valence-electron chi connectivity index (χ4n) is 4.32. The molecule has 3 rings (SSSR count). The van der Waals surface area contributed by atoms with E-state index in [1.165, 1.54) is 12.1 Å². The first-order valence-electron chi connectivity index (χ1n) is 8.59. The summed E-state index contributed by atoms with van der Waals surface area (Å²) in [5, 5.41) is 8.86. The lowest BCUT2D eigenvalue weighted by molar-refractivity contribution is 0.0569. The maximum Gasteiger partial charge on any atom is 0.243 e. The Morgan fingerprint density at radius 1 is 1.28 bits per heavy atom. The van der Waals surface area contributed by atoms with Crippen LogP contribution in [0.1, 0.15) is 18.4 Å². The van der Waals surface area contributed by atoms with Crippen molar-refractivity contribution in [2.45, 2.75) is 17.7 Å². The SMILES string of the molecule is COCC1CN(C)CC12CCN(S(=O)(=O)c1ccc(C#N)cc1)CC2. The van der Waals surface area contributed by atoms with Crippen LogP contribution in [0.3, 0.4) is 0 Å². The number of hydrogen-bond acceptors (Lipinski definition) is 5. The highest BCUT2D eigenvalue weighted by atomic mass is 32.2. The van der Waals surface area contributed by atoms with Gasteiger partial charge in [0.05, 0.1) is 23.1 Å². The fraction of sp³-hybridized carbons (Fsp3) is 0.611. The maximum atomic E-state index is 12.9. The number of nitriles is 1. The van der Waals surface area contributed by atoms with Crippen molar-refractivity contribution < 1.29 is 13.2 Å². The van der Waals surface area contributed by atoms with Gasteiger partial charge < -0.3 is 9.64 Å². The molecule has 1 aromatic carbocycles. The summed E-state index contributed by atoms with van der Waals surface area (Å²) in [4.78, 5) is 2.59. The number of nitrogens with zero attached hydrogens (tertiary/aromatic N) is 3. The van der Waals surface area contributed by atoms with Gasteiger partial charge in [0.1, 0.15) is 0 Å². The van der Waals surface area contributed by atoms with Crippen LogP contribution in [0.25, 0.3) is 0 Å². The van der Waals surface area contributed by atoms with Crippen molar-refractivity contribution in [3.05, 3.63) is 29.8 Å². The van der Waals surface area contributed by atoms with Gasteiger partial charge in [0, 0.05) is 39.2 Å². The quantitative estimate of drug-likeness (QED) is 0.811. The molecule has 1 spiro atoms. The predicted octanol–water partition coefficient (Wildman–Crippen LogP) is 1.54. The van der Waals surface area contributed by atoms with E-state index in [0.717, 1.165) is 32.5 Å². The summed E-state index contributed by atoms with van der Waals surface area (Å²) in [6.45, 7) is 3.82. The van der Waals surface area contributed by atoms with Crippen molar-refractivity contribution in [1.82, 2.24) is 9.21 Å². The van der Waals surface area contributed by atoms with Crippen LogP contribution < -0.4 is 0 Å². The molecule has 6 nitrogen and oxygen atoms in total. The van der Waals surface area contributed by atoms with Crippen LogP contribution in [0, 0.1) is 22.7 Å². The average Bonchev–Trinajstić information content (AvgIpc) is 2.90. The van der Waals surface area contributed by atoms with Crippen LogP contribution in [0.15, 0.2) is 29.2 Å². The first kappa shape index (κ1) is 18.3. The van der Waals surface area contributed by atoms with Crippen molar-refractivity contribution in [2.24, 2.45) is 11.3 Å². The Morgan fingerprint density at radius 2 is 1.92 bits per heavy atom. The predicted molar refractivity (Wildman–Crippen MR) is 94.4 cm³/mol. The monoisotopic (exact) mass is 363 g/mol. The zero-order valence-electron chi connectivity index (χ0n) is 14.8. The van der Waals surface area contributed by atoms with E-state index in [-0.39, 0.29) is 10.3 Å². The van der Waals surface area contributed by atoms with Crippen LogP contribution in [-0.4, -0.2) is 64.6 Å². The molecule has 2 saturated heterocycles. The highest BCUT2D eigenvalue weighted by Gasteiger charge is 2.48. The average molecular weight is 363 g/mol. The van der Waals surface area contributed by atoms with Crippen molar-refractivity contribution in [3.63, 3.8) is 0 Å². The first-order valence-corrected chi connectivity index (χ1v) is 10.0. The zero-order valence-corrected chi connectivity index (χ0v) is 15.6. The number of piperidine rings is 1. The summed E-state index contributed by atoms with van der Waals surface area (Å²) in [5.41, 5.74) is 0.620. The largest absolute Gasteiger partial charge is 0.384 e. The molecule has 1 atom stereocenters. The van der Waals surface area contributed by atoms with E-state index in [4.69, 9.17) is 10.00 Å². The van der Waals surface area contributed by atoms with E-state index in [1.807, 2.05) is 6.07 Å². The number of hydrogen-bond donors (Lipinski definition) is 0. The molecule has 2 fully saturated rings. The Labute approximate surface area is 150 Å². The summed E-state index contributed by atoms with van der Waals surface area (Å²) in [6, 6.07) is 8.17. The number of sulfonamides is 1. The van der Waals surface area contributed by atoms with E-state index in [0.29, 0.717) is 24.6 Å². The zero-order chi connectivity index (χ0) is 18.1. The maximum absolute atomic E-state index is 12.9. The Hall–Kier alpha value is -1.46. The second-order valence-corrected chi connectivity index (χ2v) is 9.19. The van der Waals surface area contributed by atoms with Gasteiger partial charge in [0.15, 0.2) is 0 Å². The standard InChI is InChI=1S/C18H25N3O3S/c1-20-12-16(13-24-2)18(14-20)7-9-21(10-8-18)25(22,23)17-5-3-15(11-19)4-6-17/h3-6,16H,7-10,12-14H2,1-2H3. The second kappa shape index (κ2) is 7.04. The van der Waals surface area contributed by atoms with Crippen LogP contribution in [-0.2, 0) is 14.8 Å². The number of benzene rings is 1. The van der Waals surface area contributed by atoms with Crippen LogP contribution in [0.5, 0.6) is 0 Å². The normalized spacial score (nSPS) is 24.4. The van der Waals surface area contributed by atoms with Crippen molar-refractivity contribution >= 4 is 10.0 Å². The third-order valence-corrected chi connectivity index (χ3v) is 7.60. The summed E-state index contributed by atoms with van der Waals surface area (Å²) >= 11 is 0. The Bertz CT molecular complexity index is 747. The number of likely N-dealkylation sites (tertiary alicyclic amines) is 1. The lowest BCUT2D eigenvalue weighted by atomic mass is 9.71. The summed E-state index contributed by atoms with van der Waals surface area (Å²) in [5.74, 6) is 0.460.